The van der Waals surface area contributed by atoms with Gasteiger partial charge in [-0.2, -0.15) is 0 Å². The van der Waals surface area contributed by atoms with Crippen molar-refractivity contribution in [2.75, 3.05) is 0 Å². The highest BCUT2D eigenvalue weighted by Gasteiger charge is 2.26. The molecule has 147 heavy (non-hydrogen) atoms. The van der Waals surface area contributed by atoms with Gasteiger partial charge in [-0.3, -0.25) is 0 Å². The average molecular weight is 1880 g/mol. The zero-order valence-corrected chi connectivity index (χ0v) is 78.6. The highest BCUT2D eigenvalue weighted by atomic mass is 16.3. The lowest BCUT2D eigenvalue weighted by Gasteiger charge is -2.12. The van der Waals surface area contributed by atoms with Gasteiger partial charge in [0.15, 0.2) is 52.4 Å². The first-order valence-corrected chi connectivity index (χ1v) is 48.9. The molecule has 0 bridgehead atoms. The zero-order valence-electron chi connectivity index (χ0n) is 83.6. The van der Waals surface area contributed by atoms with Crippen LogP contribution in [0.15, 0.2) is 505 Å². The Bertz CT molecular complexity index is 10600. The lowest BCUT2D eigenvalue weighted by Crippen LogP contribution is -2.00. The zero-order chi connectivity index (χ0) is 101. The molecule has 0 saturated carbocycles. The van der Waals surface area contributed by atoms with Crippen molar-refractivity contribution < 1.29 is 20.1 Å². The van der Waals surface area contributed by atoms with Crippen molar-refractivity contribution in [3.8, 4) is 136 Å². The summed E-state index contributed by atoms with van der Waals surface area (Å²) >= 11 is 0. The molecule has 0 aliphatic carbocycles. The van der Waals surface area contributed by atoms with Gasteiger partial charge in [0.2, 0.25) is 0 Å². The van der Waals surface area contributed by atoms with E-state index in [9.17, 15) is 0 Å². The lowest BCUT2D eigenvalue weighted by molar-refractivity contribution is 0.668. The third-order valence-corrected chi connectivity index (χ3v) is 28.2. The van der Waals surface area contributed by atoms with Gasteiger partial charge in [-0.1, -0.05) is 431 Å². The van der Waals surface area contributed by atoms with E-state index in [2.05, 4.69) is 272 Å². The summed E-state index contributed by atoms with van der Waals surface area (Å²) in [5.41, 5.74) is 17.9. The first kappa shape index (κ1) is 79.8. The number of furan rings is 3. The molecule has 6 aromatic heterocycles. The Morgan fingerprint density at radius 3 is 0.680 bits per heavy atom. The van der Waals surface area contributed by atoms with E-state index in [0.29, 0.717) is 63.1 Å². The SMILES string of the molecule is [2H]c1c([2H])c([2H])c(-c2nc(-c3ccccc3)nc(-c3cccc4oc5cc(-c6ccc7c8ccccc8c8ccccc8c7c6)ccc5c34)n2)c([2H])c1[2H].c1ccc(-c2nc(-c3ccccc3)nc(-c3cccc4oc5c(-c6ccc7c8ccccc8c8ccccc8c7c6)cccc5c34)n2)cc1.c1ccc(-c2nc(-c3ccccc3)nc(-c3cccc4oc5cc(-c6ccc7c8ccccc8c8ccccc8c7c6)ccc5c34)n2)cc1. The van der Waals surface area contributed by atoms with Crippen LogP contribution in [0, 0.1) is 0 Å². The number of rotatable bonds is 12. The van der Waals surface area contributed by atoms with Crippen LogP contribution in [0.2, 0.25) is 0 Å². The van der Waals surface area contributed by atoms with Crippen LogP contribution in [-0.2, 0) is 0 Å². The molecule has 6 heterocycles. The van der Waals surface area contributed by atoms with Crippen LogP contribution < -0.4 is 0 Å². The predicted octanol–water partition coefficient (Wildman–Crippen LogP) is 35.7. The van der Waals surface area contributed by atoms with Crippen LogP contribution in [0.4, 0.5) is 0 Å². The quantitative estimate of drug-likeness (QED) is 0.107. The number of fused-ring (bicyclic) bond motifs is 27. The molecule has 0 amide bonds. The Balaban J connectivity index is 0.000000109. The maximum Gasteiger partial charge on any atom is 0.164 e. The summed E-state index contributed by atoms with van der Waals surface area (Å²) in [4.78, 5) is 44.2. The van der Waals surface area contributed by atoms with Crippen LogP contribution in [0.3, 0.4) is 0 Å². The van der Waals surface area contributed by atoms with Crippen molar-refractivity contribution in [2.24, 2.45) is 0 Å². The van der Waals surface area contributed by atoms with Crippen molar-refractivity contribution in [1.82, 2.24) is 44.9 Å². The van der Waals surface area contributed by atoms with Crippen molar-refractivity contribution in [3.05, 3.63) is 491 Å². The Morgan fingerprint density at radius 1 is 0.136 bits per heavy atom. The molecule has 0 atom stereocenters. The molecule has 0 saturated heterocycles. The largest absolute Gasteiger partial charge is 0.456 e. The van der Waals surface area contributed by atoms with E-state index < -0.39 is 18.1 Å². The molecule has 30 aromatic rings. The lowest BCUT2D eigenvalue weighted by atomic mass is 9.91. The molecule has 24 aromatic carbocycles. The van der Waals surface area contributed by atoms with Crippen LogP contribution in [0.25, 0.3) is 299 Å². The monoisotopic (exact) mass is 1880 g/mol. The fraction of sp³-hybridized carbons (Fsp3) is 0. The van der Waals surface area contributed by atoms with Gasteiger partial charge >= 0.3 is 0 Å². The number of benzene rings is 24. The summed E-state index contributed by atoms with van der Waals surface area (Å²) in [5.74, 6) is 4.33. The topological polar surface area (TPSA) is 155 Å². The van der Waals surface area contributed by atoms with Gasteiger partial charge in [-0.05, 0) is 185 Å². The number of aromatic nitrogens is 9. The summed E-state index contributed by atoms with van der Waals surface area (Å²) in [6, 6.07) is 157. The maximum atomic E-state index is 8.66. The van der Waals surface area contributed by atoms with E-state index in [-0.39, 0.29) is 29.3 Å². The minimum Gasteiger partial charge on any atom is -0.456 e. The molecule has 684 valence electrons. The van der Waals surface area contributed by atoms with Crippen molar-refractivity contribution in [2.45, 2.75) is 0 Å². The molecular formula is C135H81N9O3. The molecule has 0 radical (unpaired) electrons. The Kier molecular flexibility index (Phi) is 19.4. The van der Waals surface area contributed by atoms with E-state index in [1.54, 1.807) is 0 Å². The summed E-state index contributed by atoms with van der Waals surface area (Å²) < 4.78 is 61.8. The molecule has 0 N–H and O–H groups in total. The third kappa shape index (κ3) is 15.0. The predicted molar refractivity (Wildman–Crippen MR) is 604 cm³/mol. The second-order valence-electron chi connectivity index (χ2n) is 36.7. The van der Waals surface area contributed by atoms with Gasteiger partial charge in [-0.25, -0.2) is 44.9 Å². The normalized spacial score (nSPS) is 12.1. The molecule has 12 nitrogen and oxygen atoms in total. The Morgan fingerprint density at radius 2 is 0.361 bits per heavy atom. The van der Waals surface area contributed by atoms with E-state index in [4.69, 9.17) is 60.0 Å². The molecular weight excluding hydrogens is 1800 g/mol. The molecule has 0 unspecified atom stereocenters. The van der Waals surface area contributed by atoms with Gasteiger partial charge < -0.3 is 13.3 Å². The van der Waals surface area contributed by atoms with Crippen molar-refractivity contribution in [3.63, 3.8) is 0 Å². The van der Waals surface area contributed by atoms with Crippen LogP contribution in [0.5, 0.6) is 0 Å². The van der Waals surface area contributed by atoms with Crippen LogP contribution in [0.1, 0.15) is 6.85 Å². The average Bonchev–Trinajstić information content (AvgIpc) is 1.45. The first-order chi connectivity index (χ1) is 74.9. The second-order valence-corrected chi connectivity index (χ2v) is 36.7. The van der Waals surface area contributed by atoms with E-state index in [1.165, 1.54) is 97.0 Å². The van der Waals surface area contributed by atoms with Gasteiger partial charge in [0.25, 0.3) is 0 Å². The van der Waals surface area contributed by atoms with Gasteiger partial charge in [-0.15, -0.1) is 0 Å². The second kappa shape index (κ2) is 35.7. The van der Waals surface area contributed by atoms with Crippen molar-refractivity contribution in [1.29, 1.82) is 0 Å². The highest BCUT2D eigenvalue weighted by Crippen LogP contribution is 2.48. The Labute approximate surface area is 849 Å². The third-order valence-electron chi connectivity index (χ3n) is 28.2. The number of hydrogen-bond donors (Lipinski definition) is 0. The fourth-order valence-corrected chi connectivity index (χ4v) is 21.4. The van der Waals surface area contributed by atoms with Gasteiger partial charge in [0.05, 0.1) is 6.85 Å². The molecule has 0 fully saturated rings. The molecule has 12 heteroatoms. The summed E-state index contributed by atoms with van der Waals surface area (Å²) in [5, 5.41) is 28.1. The number of para-hydroxylation sites is 1. The summed E-state index contributed by atoms with van der Waals surface area (Å²) in [6.07, 6.45) is 0. The smallest absolute Gasteiger partial charge is 0.164 e. The highest BCUT2D eigenvalue weighted by molar-refractivity contribution is 6.29. The van der Waals surface area contributed by atoms with Crippen LogP contribution in [-0.4, -0.2) is 44.9 Å². The first-order valence-electron chi connectivity index (χ1n) is 51.4. The number of hydrogen-bond acceptors (Lipinski definition) is 12. The molecule has 0 aliphatic rings. The van der Waals surface area contributed by atoms with E-state index in [1.807, 2.05) is 194 Å². The summed E-state index contributed by atoms with van der Waals surface area (Å²) in [6.45, 7) is 0. The van der Waals surface area contributed by atoms with Gasteiger partial charge in [0, 0.05) is 88.0 Å². The van der Waals surface area contributed by atoms with Crippen LogP contribution >= 0.6 is 0 Å². The number of nitrogens with zero attached hydrogens (tertiary/aromatic N) is 9. The van der Waals surface area contributed by atoms with E-state index in [0.717, 1.165) is 121 Å². The van der Waals surface area contributed by atoms with Gasteiger partial charge in [0.1, 0.15) is 33.5 Å². The Hall–Kier alpha value is -20.0. The molecule has 30 rings (SSSR count). The maximum absolute atomic E-state index is 8.66. The fourth-order valence-electron chi connectivity index (χ4n) is 21.4. The van der Waals surface area contributed by atoms with Crippen molar-refractivity contribution >= 4 is 163 Å². The minimum atomic E-state index is -0.481. The summed E-state index contributed by atoms with van der Waals surface area (Å²) in [7, 11) is 0. The standard InChI is InChI=1S/3C45H27N3O/c1-3-13-28(14-4-1)43-46-44(29-15-5-2-6-16-29)48-45(47-43)38-23-12-24-40-41(38)37-22-11-21-31(42(37)49-40)30-25-26-36-34-19-8-7-17-32(34)33-18-9-10-20-35(33)39(36)27-30;2*1-3-12-28(13-4-1)43-46-44(29-14-5-2-6-15-29)48-45(47-43)38-20-11-21-40-42(38)37-25-23-31(27-41(37)49-40)30-22-24-36-34-18-8-7-16-32(34)33-17-9-10-19-35(33)39(36)26-30/h3*1-27H/i;1D,3D,4D,12D,13D;. The molecule has 0 spiro atoms. The minimum absolute atomic E-state index is 0.0143. The molecule has 0 aliphatic heterocycles. The van der Waals surface area contributed by atoms with E-state index >= 15 is 0 Å².